The van der Waals surface area contributed by atoms with E-state index in [1.165, 1.54) is 32.4 Å². The van der Waals surface area contributed by atoms with Crippen molar-refractivity contribution < 1.29 is 27.9 Å². The van der Waals surface area contributed by atoms with Crippen molar-refractivity contribution in [3.05, 3.63) is 23.8 Å². The Labute approximate surface area is 140 Å². The molecule has 8 nitrogen and oxygen atoms in total. The van der Waals surface area contributed by atoms with Gasteiger partial charge in [0.2, 0.25) is 10.0 Å². The van der Waals surface area contributed by atoms with Gasteiger partial charge in [0.05, 0.1) is 19.1 Å². The molecule has 0 aliphatic heterocycles. The molecule has 1 aromatic rings. The SMILES string of the molecule is CNS(=O)(=O)c1cc(C(=O)NC2(CC(=O)O)CCC2)ccc1OC. The Bertz CT molecular complexity index is 755. The first-order valence-corrected chi connectivity index (χ1v) is 8.87. The number of methoxy groups -OCH3 is 1. The Morgan fingerprint density at radius 2 is 2.00 bits per heavy atom. The minimum Gasteiger partial charge on any atom is -0.495 e. The smallest absolute Gasteiger partial charge is 0.305 e. The van der Waals surface area contributed by atoms with Crippen LogP contribution < -0.4 is 14.8 Å². The van der Waals surface area contributed by atoms with Gasteiger partial charge in [0.1, 0.15) is 10.6 Å². The molecule has 0 spiro atoms. The Morgan fingerprint density at radius 1 is 1.33 bits per heavy atom. The second-order valence-electron chi connectivity index (χ2n) is 5.73. The third-order valence-electron chi connectivity index (χ3n) is 4.16. The number of benzene rings is 1. The molecule has 1 aromatic carbocycles. The minimum absolute atomic E-state index is 0.116. The summed E-state index contributed by atoms with van der Waals surface area (Å²) >= 11 is 0. The third-order valence-corrected chi connectivity index (χ3v) is 5.60. The van der Waals surface area contributed by atoms with Crippen LogP contribution in [-0.4, -0.2) is 45.1 Å². The maximum Gasteiger partial charge on any atom is 0.305 e. The van der Waals surface area contributed by atoms with Crippen LogP contribution in [0.2, 0.25) is 0 Å². The van der Waals surface area contributed by atoms with Gasteiger partial charge < -0.3 is 15.2 Å². The molecular weight excluding hydrogens is 336 g/mol. The van der Waals surface area contributed by atoms with Crippen molar-refractivity contribution in [1.82, 2.24) is 10.0 Å². The molecule has 1 aliphatic carbocycles. The number of carbonyl (C=O) groups is 2. The molecule has 1 saturated carbocycles. The summed E-state index contributed by atoms with van der Waals surface area (Å²) in [5, 5.41) is 11.7. The van der Waals surface area contributed by atoms with Crippen LogP contribution in [0.3, 0.4) is 0 Å². The van der Waals surface area contributed by atoms with Crippen LogP contribution in [-0.2, 0) is 14.8 Å². The average Bonchev–Trinajstić information content (AvgIpc) is 2.51. The first kappa shape index (κ1) is 18.2. The first-order valence-electron chi connectivity index (χ1n) is 7.39. The van der Waals surface area contributed by atoms with E-state index in [2.05, 4.69) is 10.0 Å². The molecule has 0 atom stereocenters. The van der Waals surface area contributed by atoms with E-state index in [-0.39, 0.29) is 22.6 Å². The van der Waals surface area contributed by atoms with Gasteiger partial charge in [-0.05, 0) is 44.5 Å². The van der Waals surface area contributed by atoms with Gasteiger partial charge >= 0.3 is 5.97 Å². The van der Waals surface area contributed by atoms with E-state index in [9.17, 15) is 18.0 Å². The van der Waals surface area contributed by atoms with Crippen molar-refractivity contribution in [1.29, 1.82) is 0 Å². The number of nitrogens with one attached hydrogen (secondary N) is 2. The molecule has 0 aromatic heterocycles. The molecule has 0 saturated heterocycles. The molecule has 24 heavy (non-hydrogen) atoms. The van der Waals surface area contributed by atoms with Crippen LogP contribution >= 0.6 is 0 Å². The zero-order valence-electron chi connectivity index (χ0n) is 13.5. The molecule has 1 fully saturated rings. The molecule has 1 aliphatic rings. The van der Waals surface area contributed by atoms with E-state index >= 15 is 0 Å². The number of amides is 1. The fourth-order valence-corrected chi connectivity index (χ4v) is 3.61. The maximum absolute atomic E-state index is 12.4. The van der Waals surface area contributed by atoms with Crippen LogP contribution in [0.4, 0.5) is 0 Å². The fraction of sp³-hybridized carbons (Fsp3) is 0.467. The topological polar surface area (TPSA) is 122 Å². The lowest BCUT2D eigenvalue weighted by molar-refractivity contribution is -0.139. The Hall–Kier alpha value is -2.13. The van der Waals surface area contributed by atoms with Crippen LogP contribution in [0.1, 0.15) is 36.0 Å². The van der Waals surface area contributed by atoms with E-state index in [0.29, 0.717) is 12.8 Å². The minimum atomic E-state index is -3.80. The van der Waals surface area contributed by atoms with Gasteiger partial charge in [-0.2, -0.15) is 0 Å². The predicted molar refractivity (Wildman–Crippen MR) is 85.5 cm³/mol. The van der Waals surface area contributed by atoms with E-state index < -0.39 is 27.4 Å². The van der Waals surface area contributed by atoms with Gasteiger partial charge in [0.15, 0.2) is 0 Å². The van der Waals surface area contributed by atoms with Gasteiger partial charge in [0.25, 0.3) is 5.91 Å². The second kappa shape index (κ2) is 6.78. The summed E-state index contributed by atoms with van der Waals surface area (Å²) in [5.74, 6) is -1.38. The summed E-state index contributed by atoms with van der Waals surface area (Å²) in [4.78, 5) is 23.3. The molecule has 132 valence electrons. The number of sulfonamides is 1. The third kappa shape index (κ3) is 3.68. The first-order chi connectivity index (χ1) is 11.2. The van der Waals surface area contributed by atoms with Crippen LogP contribution in [0.5, 0.6) is 5.75 Å². The lowest BCUT2D eigenvalue weighted by Crippen LogP contribution is -2.54. The Balaban J connectivity index is 2.30. The summed E-state index contributed by atoms with van der Waals surface area (Å²) in [6, 6.07) is 4.05. The number of hydrogen-bond acceptors (Lipinski definition) is 5. The van der Waals surface area contributed by atoms with E-state index in [4.69, 9.17) is 9.84 Å². The fourth-order valence-electron chi connectivity index (χ4n) is 2.69. The lowest BCUT2D eigenvalue weighted by atomic mass is 9.74. The summed E-state index contributed by atoms with van der Waals surface area (Å²) in [6.45, 7) is 0. The van der Waals surface area contributed by atoms with Crippen LogP contribution in [0.25, 0.3) is 0 Å². The van der Waals surface area contributed by atoms with Crippen LogP contribution in [0.15, 0.2) is 23.1 Å². The summed E-state index contributed by atoms with van der Waals surface area (Å²) < 4.78 is 31.3. The van der Waals surface area contributed by atoms with E-state index in [1.54, 1.807) is 0 Å². The number of rotatable bonds is 7. The van der Waals surface area contributed by atoms with Gasteiger partial charge in [-0.1, -0.05) is 0 Å². The molecule has 0 unspecified atom stereocenters. The predicted octanol–water partition coefficient (Wildman–Crippen LogP) is 0.731. The highest BCUT2D eigenvalue weighted by Gasteiger charge is 2.40. The monoisotopic (exact) mass is 356 g/mol. The largest absolute Gasteiger partial charge is 0.495 e. The highest BCUT2D eigenvalue weighted by atomic mass is 32.2. The number of hydrogen-bond donors (Lipinski definition) is 3. The quantitative estimate of drug-likeness (QED) is 0.662. The molecule has 0 bridgehead atoms. The molecule has 0 heterocycles. The molecule has 1 amide bonds. The van der Waals surface area contributed by atoms with Crippen molar-refractivity contribution in [3.63, 3.8) is 0 Å². The van der Waals surface area contributed by atoms with Crippen molar-refractivity contribution in [3.8, 4) is 5.75 Å². The number of ether oxygens (including phenoxy) is 1. The molecule has 2 rings (SSSR count). The van der Waals surface area contributed by atoms with Crippen molar-refractivity contribution in [2.24, 2.45) is 0 Å². The Kier molecular flexibility index (Phi) is 5.14. The molecular formula is C15H20N2O6S. The standard InChI is InChI=1S/C15H20N2O6S/c1-16-24(21,22)12-8-10(4-5-11(12)23-2)14(20)17-15(6-3-7-15)9-13(18)19/h4-5,8,16H,3,6-7,9H2,1-2H3,(H,17,20)(H,18,19). The van der Waals surface area contributed by atoms with Gasteiger partial charge in [0, 0.05) is 5.56 Å². The van der Waals surface area contributed by atoms with Crippen molar-refractivity contribution >= 4 is 21.9 Å². The van der Waals surface area contributed by atoms with Crippen molar-refractivity contribution in [2.45, 2.75) is 36.1 Å². The van der Waals surface area contributed by atoms with Gasteiger partial charge in [-0.25, -0.2) is 13.1 Å². The highest BCUT2D eigenvalue weighted by molar-refractivity contribution is 7.89. The summed E-state index contributed by atoms with van der Waals surface area (Å²) in [7, 11) is -1.21. The number of carboxylic acid groups (broad SMARTS) is 1. The van der Waals surface area contributed by atoms with Crippen LogP contribution in [0, 0.1) is 0 Å². The lowest BCUT2D eigenvalue weighted by Gasteiger charge is -2.41. The Morgan fingerprint density at radius 3 is 2.46 bits per heavy atom. The van der Waals surface area contributed by atoms with E-state index in [0.717, 1.165) is 6.42 Å². The number of aliphatic carboxylic acids is 1. The normalized spacial score (nSPS) is 16.1. The van der Waals surface area contributed by atoms with Gasteiger partial charge in [-0.3, -0.25) is 9.59 Å². The zero-order valence-corrected chi connectivity index (χ0v) is 14.3. The summed E-state index contributed by atoms with van der Waals surface area (Å²) in [5.41, 5.74) is -0.633. The zero-order chi connectivity index (χ0) is 18.0. The number of carboxylic acids is 1. The highest BCUT2D eigenvalue weighted by Crippen LogP contribution is 2.35. The molecule has 3 N–H and O–H groups in total. The van der Waals surface area contributed by atoms with E-state index in [1.807, 2.05) is 0 Å². The maximum atomic E-state index is 12.4. The van der Waals surface area contributed by atoms with Gasteiger partial charge in [-0.15, -0.1) is 0 Å². The summed E-state index contributed by atoms with van der Waals surface area (Å²) in [6.07, 6.45) is 1.86. The molecule has 0 radical (unpaired) electrons. The van der Waals surface area contributed by atoms with Crippen molar-refractivity contribution in [2.75, 3.05) is 14.2 Å². The average molecular weight is 356 g/mol. The molecule has 9 heteroatoms. The number of carbonyl (C=O) groups excluding carboxylic acids is 1. The second-order valence-corrected chi connectivity index (χ2v) is 7.59.